The van der Waals surface area contributed by atoms with Gasteiger partial charge < -0.3 is 10.1 Å². The SMILES string of the molecule is CC(C)CCN1[C@H]2CCNCC[C@@H]2Oc2ccccc2S1(=O)=O. The summed E-state index contributed by atoms with van der Waals surface area (Å²) in [4.78, 5) is 0.310. The normalized spacial score (nSPS) is 27.4. The first-order valence-electron chi connectivity index (χ1n) is 8.48. The van der Waals surface area contributed by atoms with Crippen molar-refractivity contribution in [3.8, 4) is 5.75 Å². The summed E-state index contributed by atoms with van der Waals surface area (Å²) in [6, 6.07) is 6.94. The van der Waals surface area contributed by atoms with Gasteiger partial charge in [0.25, 0.3) is 0 Å². The predicted octanol–water partition coefficient (Wildman–Crippen LogP) is 2.24. The van der Waals surface area contributed by atoms with E-state index in [0.29, 0.717) is 23.1 Å². The smallest absolute Gasteiger partial charge is 0.247 e. The Morgan fingerprint density at radius 2 is 2.00 bits per heavy atom. The van der Waals surface area contributed by atoms with E-state index in [4.69, 9.17) is 4.74 Å². The van der Waals surface area contributed by atoms with E-state index >= 15 is 0 Å². The molecule has 0 aromatic heterocycles. The van der Waals surface area contributed by atoms with Crippen LogP contribution in [-0.4, -0.2) is 44.5 Å². The summed E-state index contributed by atoms with van der Waals surface area (Å²) in [6.45, 7) is 6.50. The maximum Gasteiger partial charge on any atom is 0.247 e. The summed E-state index contributed by atoms with van der Waals surface area (Å²) in [7, 11) is -3.52. The van der Waals surface area contributed by atoms with Crippen LogP contribution >= 0.6 is 0 Å². The largest absolute Gasteiger partial charge is 0.487 e. The standard InChI is InChI=1S/C17H26N2O3S/c1-13(2)9-12-19-14-7-10-18-11-8-15(14)22-16-5-3-4-6-17(16)23(19,20)21/h3-6,13-15,18H,7-12H2,1-2H3/t14-,15-/m0/s1. The Kier molecular flexibility index (Phi) is 4.94. The van der Waals surface area contributed by atoms with Crippen LogP contribution in [0.3, 0.4) is 0 Å². The van der Waals surface area contributed by atoms with Crippen molar-refractivity contribution < 1.29 is 13.2 Å². The summed E-state index contributed by atoms with van der Waals surface area (Å²) >= 11 is 0. The van der Waals surface area contributed by atoms with Crippen LogP contribution in [-0.2, 0) is 10.0 Å². The Morgan fingerprint density at radius 3 is 2.78 bits per heavy atom. The monoisotopic (exact) mass is 338 g/mol. The van der Waals surface area contributed by atoms with Crippen LogP contribution < -0.4 is 10.1 Å². The van der Waals surface area contributed by atoms with Gasteiger partial charge in [-0.1, -0.05) is 26.0 Å². The van der Waals surface area contributed by atoms with Gasteiger partial charge in [-0.05, 0) is 50.4 Å². The zero-order valence-corrected chi connectivity index (χ0v) is 14.7. The van der Waals surface area contributed by atoms with Crippen molar-refractivity contribution in [1.29, 1.82) is 0 Å². The third kappa shape index (κ3) is 3.39. The van der Waals surface area contributed by atoms with Gasteiger partial charge in [0.1, 0.15) is 16.7 Å². The van der Waals surface area contributed by atoms with E-state index in [1.165, 1.54) is 0 Å². The minimum atomic E-state index is -3.52. The Bertz CT molecular complexity index is 645. The lowest BCUT2D eigenvalue weighted by Gasteiger charge is -2.32. The van der Waals surface area contributed by atoms with E-state index in [9.17, 15) is 8.42 Å². The molecule has 2 atom stereocenters. The zero-order chi connectivity index (χ0) is 16.4. The predicted molar refractivity (Wildman–Crippen MR) is 90.1 cm³/mol. The minimum Gasteiger partial charge on any atom is -0.487 e. The number of hydrogen-bond donors (Lipinski definition) is 1. The maximum absolute atomic E-state index is 13.2. The number of ether oxygens (including phenoxy) is 1. The van der Waals surface area contributed by atoms with Gasteiger partial charge in [-0.2, -0.15) is 4.31 Å². The van der Waals surface area contributed by atoms with Gasteiger partial charge in [-0.3, -0.25) is 0 Å². The van der Waals surface area contributed by atoms with E-state index in [1.54, 1.807) is 22.5 Å². The lowest BCUT2D eigenvalue weighted by atomic mass is 10.0. The average Bonchev–Trinajstić information content (AvgIpc) is 2.77. The van der Waals surface area contributed by atoms with Gasteiger partial charge in [-0.15, -0.1) is 0 Å². The van der Waals surface area contributed by atoms with Crippen LogP contribution in [0.2, 0.25) is 0 Å². The van der Waals surface area contributed by atoms with Crippen molar-refractivity contribution >= 4 is 10.0 Å². The Hall–Kier alpha value is -1.11. The molecule has 3 rings (SSSR count). The molecule has 0 unspecified atom stereocenters. The molecule has 6 heteroatoms. The molecule has 1 fully saturated rings. The highest BCUT2D eigenvalue weighted by Gasteiger charge is 2.42. The minimum absolute atomic E-state index is 0.0874. The molecule has 0 bridgehead atoms. The summed E-state index contributed by atoms with van der Waals surface area (Å²) in [5.41, 5.74) is 0. The summed E-state index contributed by atoms with van der Waals surface area (Å²) in [5.74, 6) is 0.961. The molecule has 1 aromatic rings. The highest BCUT2D eigenvalue weighted by molar-refractivity contribution is 7.89. The molecule has 0 aliphatic carbocycles. The quantitative estimate of drug-likeness (QED) is 0.918. The van der Waals surface area contributed by atoms with Crippen molar-refractivity contribution in [3.05, 3.63) is 24.3 Å². The Balaban J connectivity index is 2.04. The molecule has 0 spiro atoms. The number of nitrogens with one attached hydrogen (secondary N) is 1. The first-order chi connectivity index (χ1) is 11.0. The van der Waals surface area contributed by atoms with Crippen molar-refractivity contribution in [1.82, 2.24) is 9.62 Å². The van der Waals surface area contributed by atoms with E-state index < -0.39 is 10.0 Å². The van der Waals surface area contributed by atoms with E-state index in [0.717, 1.165) is 32.4 Å². The van der Waals surface area contributed by atoms with E-state index in [1.807, 2.05) is 6.07 Å². The average molecular weight is 338 g/mol. The molecule has 5 nitrogen and oxygen atoms in total. The number of sulfonamides is 1. The van der Waals surface area contributed by atoms with Crippen molar-refractivity contribution in [2.45, 2.75) is 50.2 Å². The van der Waals surface area contributed by atoms with Gasteiger partial charge in [0, 0.05) is 6.54 Å². The third-order valence-corrected chi connectivity index (χ3v) is 6.63. The summed E-state index contributed by atoms with van der Waals surface area (Å²) < 4.78 is 34.3. The molecule has 1 aromatic carbocycles. The number of para-hydroxylation sites is 1. The molecule has 2 heterocycles. The first-order valence-corrected chi connectivity index (χ1v) is 9.92. The van der Waals surface area contributed by atoms with Crippen molar-refractivity contribution in [2.75, 3.05) is 19.6 Å². The molecule has 2 aliphatic heterocycles. The second-order valence-electron chi connectivity index (χ2n) is 6.80. The molecule has 128 valence electrons. The maximum atomic E-state index is 13.2. The molecule has 0 saturated carbocycles. The number of hydrogen-bond acceptors (Lipinski definition) is 4. The van der Waals surface area contributed by atoms with E-state index in [-0.39, 0.29) is 12.1 Å². The van der Waals surface area contributed by atoms with Gasteiger partial charge in [0.05, 0.1) is 6.04 Å². The highest BCUT2D eigenvalue weighted by Crippen LogP contribution is 2.36. The highest BCUT2D eigenvalue weighted by atomic mass is 32.2. The molecule has 23 heavy (non-hydrogen) atoms. The zero-order valence-electron chi connectivity index (χ0n) is 13.9. The van der Waals surface area contributed by atoms with Crippen LogP contribution in [0.4, 0.5) is 0 Å². The third-order valence-electron chi connectivity index (χ3n) is 4.66. The van der Waals surface area contributed by atoms with Crippen LogP contribution in [0.15, 0.2) is 29.2 Å². The lowest BCUT2D eigenvalue weighted by Crippen LogP contribution is -2.47. The summed E-state index contributed by atoms with van der Waals surface area (Å²) in [6.07, 6.45) is 2.39. The molecule has 0 amide bonds. The van der Waals surface area contributed by atoms with Crippen LogP contribution in [0.25, 0.3) is 0 Å². The number of nitrogens with zero attached hydrogens (tertiary/aromatic N) is 1. The fraction of sp³-hybridized carbons (Fsp3) is 0.647. The number of rotatable bonds is 3. The molecule has 1 saturated heterocycles. The van der Waals surface area contributed by atoms with Gasteiger partial charge >= 0.3 is 0 Å². The van der Waals surface area contributed by atoms with E-state index in [2.05, 4.69) is 19.2 Å². The second kappa shape index (κ2) is 6.79. The fourth-order valence-electron chi connectivity index (χ4n) is 3.36. The Morgan fingerprint density at radius 1 is 1.26 bits per heavy atom. The fourth-order valence-corrected chi connectivity index (χ4v) is 5.18. The molecular weight excluding hydrogens is 312 g/mol. The van der Waals surface area contributed by atoms with Crippen molar-refractivity contribution in [2.24, 2.45) is 5.92 Å². The molecule has 2 aliphatic rings. The second-order valence-corrected chi connectivity index (χ2v) is 8.65. The van der Waals surface area contributed by atoms with Gasteiger partial charge in [0.2, 0.25) is 10.0 Å². The molecular formula is C17H26N2O3S. The lowest BCUT2D eigenvalue weighted by molar-refractivity contribution is 0.111. The van der Waals surface area contributed by atoms with Crippen LogP contribution in [0.5, 0.6) is 5.75 Å². The van der Waals surface area contributed by atoms with Crippen LogP contribution in [0, 0.1) is 5.92 Å². The molecule has 1 N–H and O–H groups in total. The van der Waals surface area contributed by atoms with Crippen molar-refractivity contribution in [3.63, 3.8) is 0 Å². The first kappa shape index (κ1) is 16.7. The topological polar surface area (TPSA) is 58.6 Å². The summed E-state index contributed by atoms with van der Waals surface area (Å²) in [5, 5.41) is 3.36. The van der Waals surface area contributed by atoms with Crippen LogP contribution in [0.1, 0.15) is 33.1 Å². The molecule has 0 radical (unpaired) electrons. The van der Waals surface area contributed by atoms with Gasteiger partial charge in [-0.25, -0.2) is 8.42 Å². The number of fused-ring (bicyclic) bond motifs is 2. The van der Waals surface area contributed by atoms with Gasteiger partial charge in [0.15, 0.2) is 0 Å². The Labute approximate surface area is 139 Å². The number of benzene rings is 1.